The quantitative estimate of drug-likeness (QED) is 0.189. The first kappa shape index (κ1) is 35.7. The number of aliphatic hydroxyl groups excluding tert-OH is 1. The van der Waals surface area contributed by atoms with Crippen LogP contribution in [0.4, 0.5) is 17.1 Å². The van der Waals surface area contributed by atoms with Gasteiger partial charge < -0.3 is 29.2 Å². The van der Waals surface area contributed by atoms with Gasteiger partial charge in [0.25, 0.3) is 11.8 Å². The third-order valence-corrected chi connectivity index (χ3v) is 14.4. The first-order valence-corrected chi connectivity index (χ1v) is 22.0. The van der Waals surface area contributed by atoms with Gasteiger partial charge in [0, 0.05) is 33.7 Å². The molecule has 0 aromatic heterocycles. The number of hydrogen-bond donors (Lipinski definition) is 2. The van der Waals surface area contributed by atoms with E-state index in [1.165, 1.54) is 0 Å². The maximum absolute atomic E-state index is 15.1. The van der Waals surface area contributed by atoms with E-state index in [-0.39, 0.29) is 43.3 Å². The van der Waals surface area contributed by atoms with Crippen LogP contribution in [-0.2, 0) is 26.5 Å². The molecule has 8 rings (SSSR count). The summed E-state index contributed by atoms with van der Waals surface area (Å²) < 4.78 is 13.9. The van der Waals surface area contributed by atoms with Crippen molar-refractivity contribution in [2.75, 3.05) is 23.0 Å². The first-order chi connectivity index (χ1) is 25.4. The monoisotopic (exact) mass is 795 g/mol. The molecule has 53 heavy (non-hydrogen) atoms. The van der Waals surface area contributed by atoms with Gasteiger partial charge in [0.15, 0.2) is 19.7 Å². The molecule has 274 valence electrons. The molecule has 4 heterocycles. The molecule has 10 nitrogen and oxygen atoms in total. The predicted octanol–water partition coefficient (Wildman–Crippen LogP) is 7.25. The van der Waals surface area contributed by atoms with Gasteiger partial charge >= 0.3 is 0 Å². The molecule has 0 radical (unpaired) electrons. The average molecular weight is 797 g/mol. The van der Waals surface area contributed by atoms with Crippen molar-refractivity contribution in [2.24, 2.45) is 5.92 Å². The molecule has 4 aliphatic rings. The number of amides is 3. The highest BCUT2D eigenvalue weighted by Crippen LogP contribution is 2.60. The summed E-state index contributed by atoms with van der Waals surface area (Å²) in [6.45, 7) is 6.31. The Morgan fingerprint density at radius 1 is 0.962 bits per heavy atom. The lowest BCUT2D eigenvalue weighted by atomic mass is 9.82. The molecule has 0 unspecified atom stereocenters. The molecule has 2 saturated heterocycles. The highest BCUT2D eigenvalue weighted by atomic mass is 79.9. The summed E-state index contributed by atoms with van der Waals surface area (Å²) in [5, 5.41) is 9.92. The van der Waals surface area contributed by atoms with Crippen LogP contribution in [0.15, 0.2) is 95.5 Å². The van der Waals surface area contributed by atoms with Crippen molar-refractivity contribution >= 4 is 59.0 Å². The molecule has 3 amide bonds. The topological polar surface area (TPSA) is 120 Å². The largest absolute Gasteiger partial charge is 0.454 e. The Hall–Kier alpha value is -4.33. The van der Waals surface area contributed by atoms with Gasteiger partial charge in [-0.05, 0) is 86.1 Å². The molecule has 4 aromatic rings. The van der Waals surface area contributed by atoms with E-state index >= 15 is 4.79 Å². The Bertz CT molecular complexity index is 2120. The predicted molar refractivity (Wildman–Crippen MR) is 207 cm³/mol. The molecular formula is C41H42BrN3O7Si. The molecule has 5 atom stereocenters. The fraction of sp³-hybridized carbons (Fsp3) is 0.341. The van der Waals surface area contributed by atoms with Crippen LogP contribution >= 0.6 is 15.9 Å². The number of nitrogens with zero attached hydrogens (tertiary/aromatic N) is 3. The molecule has 0 saturated carbocycles. The Balaban J connectivity index is 1.15. The number of halogens is 1. The van der Waals surface area contributed by atoms with Crippen LogP contribution in [0.25, 0.3) is 0 Å². The maximum atomic E-state index is 15.1. The summed E-state index contributed by atoms with van der Waals surface area (Å²) in [6.07, 6.45) is 0.888. The molecular weight excluding hydrogens is 754 g/mol. The maximum Gasteiger partial charge on any atom is 0.266 e. The van der Waals surface area contributed by atoms with Gasteiger partial charge in [-0.15, -0.1) is 0 Å². The van der Waals surface area contributed by atoms with E-state index in [2.05, 4.69) is 15.9 Å². The number of benzene rings is 4. The minimum absolute atomic E-state index is 0.0150. The van der Waals surface area contributed by atoms with Crippen LogP contribution in [0.5, 0.6) is 11.5 Å². The summed E-state index contributed by atoms with van der Waals surface area (Å²) in [6, 6.07) is 27.7. The zero-order valence-electron chi connectivity index (χ0n) is 29.9. The van der Waals surface area contributed by atoms with E-state index in [1.54, 1.807) is 26.8 Å². The Morgan fingerprint density at radius 3 is 2.49 bits per heavy atom. The van der Waals surface area contributed by atoms with Crippen molar-refractivity contribution in [1.82, 2.24) is 4.90 Å². The van der Waals surface area contributed by atoms with Crippen molar-refractivity contribution in [1.29, 1.82) is 0 Å². The van der Waals surface area contributed by atoms with Crippen LogP contribution in [0.2, 0.25) is 18.6 Å². The number of carbonyl (C=O) groups is 3. The molecule has 2 fully saturated rings. The SMILES string of the molecule is C[C@H]1[C@H]([Si](C)(C)O)[C@@H](CC(=O)N2CCC[C@H]2CO)O[C@]12C(=O)N(Cc1cccc(N3C(=O)c4ccccc4Oc4ccccc43)c1)c1ccc(Br)cc12. The van der Waals surface area contributed by atoms with E-state index in [0.717, 1.165) is 22.9 Å². The van der Waals surface area contributed by atoms with Gasteiger partial charge in [-0.2, -0.15) is 0 Å². The Kier molecular flexibility index (Phi) is 9.09. The highest BCUT2D eigenvalue weighted by Gasteiger charge is 2.66. The Labute approximate surface area is 318 Å². The molecule has 2 N–H and O–H groups in total. The van der Waals surface area contributed by atoms with Crippen molar-refractivity contribution in [3.63, 3.8) is 0 Å². The van der Waals surface area contributed by atoms with Gasteiger partial charge in [0.05, 0.1) is 48.7 Å². The van der Waals surface area contributed by atoms with Crippen LogP contribution in [-0.4, -0.2) is 66.1 Å². The lowest BCUT2D eigenvalue weighted by molar-refractivity contribution is -0.150. The number of para-hydroxylation sites is 3. The van der Waals surface area contributed by atoms with Crippen molar-refractivity contribution in [3.05, 3.63) is 112 Å². The zero-order chi connectivity index (χ0) is 37.2. The summed E-state index contributed by atoms with van der Waals surface area (Å²) in [4.78, 5) is 59.7. The number of hydrogen-bond acceptors (Lipinski definition) is 7. The number of anilines is 3. The molecule has 4 aliphatic heterocycles. The smallest absolute Gasteiger partial charge is 0.266 e. The van der Waals surface area contributed by atoms with Crippen molar-refractivity contribution < 1.29 is 33.8 Å². The molecule has 0 aliphatic carbocycles. The standard InChI is InChI=1S/C41H42BrN3O7Si/c1-25-38(53(2,3)50)36(22-37(47)43-19-9-12-29(43)24-46)52-41(25)31-21-27(42)17-18-32(31)44(40(41)49)23-26-10-8-11-28(20-26)45-33-14-5-7-16-35(33)51-34-15-6-4-13-30(34)39(45)48/h4-8,10-11,13-18,20-21,25,29,36,38,46,50H,9,12,19,22-24H2,1-3H3/t25-,29-,36+,38-,41+/m0/s1. The summed E-state index contributed by atoms with van der Waals surface area (Å²) in [7, 11) is -3.00. The van der Waals surface area contributed by atoms with Crippen LogP contribution < -0.4 is 14.5 Å². The van der Waals surface area contributed by atoms with E-state index in [4.69, 9.17) is 9.47 Å². The van der Waals surface area contributed by atoms with Gasteiger partial charge in [0.2, 0.25) is 5.91 Å². The molecule has 1 spiro atoms. The number of ether oxygens (including phenoxy) is 2. The molecule has 0 bridgehead atoms. The summed E-state index contributed by atoms with van der Waals surface area (Å²) in [5.74, 6) is -0.0356. The van der Waals surface area contributed by atoms with E-state index in [1.807, 2.05) is 98.9 Å². The average Bonchev–Trinajstić information content (AvgIpc) is 3.77. The summed E-state index contributed by atoms with van der Waals surface area (Å²) >= 11 is 3.62. The normalized spacial score (nSPS) is 25.0. The number of carbonyl (C=O) groups excluding carboxylic acids is 3. The molecule has 12 heteroatoms. The van der Waals surface area contributed by atoms with E-state index < -0.39 is 31.5 Å². The van der Waals surface area contributed by atoms with Gasteiger partial charge in [0.1, 0.15) is 5.75 Å². The van der Waals surface area contributed by atoms with Crippen molar-refractivity contribution in [2.45, 2.75) is 69.1 Å². The minimum atomic E-state index is -3.00. The zero-order valence-corrected chi connectivity index (χ0v) is 32.5. The third kappa shape index (κ3) is 5.91. The van der Waals surface area contributed by atoms with Gasteiger partial charge in [-0.3, -0.25) is 19.3 Å². The van der Waals surface area contributed by atoms with Crippen molar-refractivity contribution in [3.8, 4) is 11.5 Å². The second kappa shape index (κ2) is 13.5. The minimum Gasteiger partial charge on any atom is -0.454 e. The fourth-order valence-corrected chi connectivity index (χ4v) is 12.0. The van der Waals surface area contributed by atoms with Crippen LogP contribution in [0.3, 0.4) is 0 Å². The number of rotatable bonds is 7. The fourth-order valence-electron chi connectivity index (χ4n) is 9.09. The number of fused-ring (bicyclic) bond motifs is 4. The van der Waals surface area contributed by atoms with Crippen LogP contribution in [0.1, 0.15) is 47.7 Å². The Morgan fingerprint density at radius 2 is 1.72 bits per heavy atom. The van der Waals surface area contributed by atoms with E-state index in [0.29, 0.717) is 46.2 Å². The lowest BCUT2D eigenvalue weighted by Gasteiger charge is -2.33. The van der Waals surface area contributed by atoms with Crippen LogP contribution in [0, 0.1) is 5.92 Å². The molecule has 4 aromatic carbocycles. The highest BCUT2D eigenvalue weighted by molar-refractivity contribution is 9.10. The van der Waals surface area contributed by atoms with E-state index in [9.17, 15) is 19.5 Å². The third-order valence-electron chi connectivity index (χ3n) is 11.4. The van der Waals surface area contributed by atoms with Gasteiger partial charge in [-0.1, -0.05) is 59.3 Å². The van der Waals surface area contributed by atoms with Gasteiger partial charge in [-0.25, -0.2) is 0 Å². The second-order valence-corrected chi connectivity index (χ2v) is 19.9. The number of aliphatic hydroxyl groups is 1. The second-order valence-electron chi connectivity index (χ2n) is 15.1. The number of likely N-dealkylation sites (tertiary alicyclic amines) is 1. The first-order valence-electron chi connectivity index (χ1n) is 18.1. The lowest BCUT2D eigenvalue weighted by Crippen LogP contribution is -2.46. The summed E-state index contributed by atoms with van der Waals surface area (Å²) in [5.41, 5.74) is 1.99.